The van der Waals surface area contributed by atoms with Gasteiger partial charge in [0.15, 0.2) is 5.13 Å². The van der Waals surface area contributed by atoms with Crippen molar-refractivity contribution in [3.8, 4) is 0 Å². The SMILES string of the molecule is CC(C)(C)OC(=O)N(CC(=O)O)[C@H](CC1CCCCC1)C(=O)N1CCC[C@H]1C(=O)NC1CCc2nc(N)sc2C1. The molecule has 1 saturated heterocycles. The second-order valence-electron chi connectivity index (χ2n) is 12.3. The van der Waals surface area contributed by atoms with Gasteiger partial charge in [-0.2, -0.15) is 0 Å². The molecule has 0 aromatic carbocycles. The molecule has 0 radical (unpaired) electrons. The summed E-state index contributed by atoms with van der Waals surface area (Å²) in [5.41, 5.74) is 6.00. The Morgan fingerprint density at radius 2 is 1.88 bits per heavy atom. The van der Waals surface area contributed by atoms with Gasteiger partial charge in [0.05, 0.1) is 5.69 Å². The molecule has 2 fully saturated rings. The maximum atomic E-state index is 14.2. The van der Waals surface area contributed by atoms with Crippen molar-refractivity contribution in [1.29, 1.82) is 0 Å². The van der Waals surface area contributed by atoms with Gasteiger partial charge in [0.2, 0.25) is 11.8 Å². The van der Waals surface area contributed by atoms with Crippen LogP contribution in [-0.4, -0.2) is 80.6 Å². The van der Waals surface area contributed by atoms with Crippen LogP contribution in [0.15, 0.2) is 0 Å². The number of likely N-dealkylation sites (tertiary alicyclic amines) is 1. The number of carbonyl (C=O) groups excluding carboxylic acids is 3. The van der Waals surface area contributed by atoms with Gasteiger partial charge in [0.1, 0.15) is 24.2 Å². The van der Waals surface area contributed by atoms with Crippen LogP contribution in [0, 0.1) is 5.92 Å². The van der Waals surface area contributed by atoms with Gasteiger partial charge in [0.25, 0.3) is 0 Å². The molecule has 1 unspecified atom stereocenters. The first-order valence-electron chi connectivity index (χ1n) is 14.5. The number of carbonyl (C=O) groups is 4. The van der Waals surface area contributed by atoms with E-state index >= 15 is 0 Å². The Bertz CT molecular complexity index is 1100. The number of amides is 3. The number of aryl methyl sites for hydroxylation is 1. The predicted molar refractivity (Wildman–Crippen MR) is 151 cm³/mol. The lowest BCUT2D eigenvalue weighted by molar-refractivity contribution is -0.146. The van der Waals surface area contributed by atoms with Crippen LogP contribution in [0.4, 0.5) is 9.93 Å². The van der Waals surface area contributed by atoms with Gasteiger partial charge in [-0.25, -0.2) is 9.78 Å². The van der Waals surface area contributed by atoms with Crippen LogP contribution in [0.25, 0.3) is 0 Å². The molecule has 3 amide bonds. The quantitative estimate of drug-likeness (QED) is 0.425. The molecule has 1 saturated carbocycles. The number of aliphatic carboxylic acids is 1. The third-order valence-electron chi connectivity index (χ3n) is 8.02. The summed E-state index contributed by atoms with van der Waals surface area (Å²) in [6.07, 6.45) is 7.92. The molecule has 1 aliphatic heterocycles. The third-order valence-corrected chi connectivity index (χ3v) is 8.97. The van der Waals surface area contributed by atoms with Gasteiger partial charge < -0.3 is 25.8 Å². The van der Waals surface area contributed by atoms with E-state index in [1.807, 2.05) is 0 Å². The minimum Gasteiger partial charge on any atom is -0.480 e. The summed E-state index contributed by atoms with van der Waals surface area (Å²) < 4.78 is 5.55. The summed E-state index contributed by atoms with van der Waals surface area (Å²) in [5.74, 6) is -1.62. The van der Waals surface area contributed by atoms with Crippen molar-refractivity contribution in [3.63, 3.8) is 0 Å². The summed E-state index contributed by atoms with van der Waals surface area (Å²) in [5, 5.41) is 13.3. The highest BCUT2D eigenvalue weighted by atomic mass is 32.1. The number of nitrogens with zero attached hydrogens (tertiary/aromatic N) is 3. The molecule has 11 nitrogen and oxygen atoms in total. The number of aromatic nitrogens is 1. The zero-order chi connectivity index (χ0) is 29.0. The number of fused-ring (bicyclic) bond motifs is 1. The fourth-order valence-electron chi connectivity index (χ4n) is 6.18. The van der Waals surface area contributed by atoms with Crippen LogP contribution in [0.1, 0.15) is 89.1 Å². The van der Waals surface area contributed by atoms with Crippen molar-refractivity contribution in [2.75, 3.05) is 18.8 Å². The van der Waals surface area contributed by atoms with Gasteiger partial charge in [-0.05, 0) is 58.8 Å². The topological polar surface area (TPSA) is 155 Å². The molecule has 4 rings (SSSR count). The second kappa shape index (κ2) is 12.7. The number of rotatable bonds is 8. The molecule has 0 bridgehead atoms. The molecule has 4 N–H and O–H groups in total. The Kier molecular flexibility index (Phi) is 9.58. The zero-order valence-electron chi connectivity index (χ0n) is 23.8. The van der Waals surface area contributed by atoms with Crippen LogP contribution in [0.2, 0.25) is 0 Å². The van der Waals surface area contributed by atoms with Crippen LogP contribution >= 0.6 is 11.3 Å². The Labute approximate surface area is 239 Å². The average molecular weight is 578 g/mol. The monoisotopic (exact) mass is 577 g/mol. The fourth-order valence-corrected chi connectivity index (χ4v) is 7.14. The predicted octanol–water partition coefficient (Wildman–Crippen LogP) is 3.35. The van der Waals surface area contributed by atoms with Gasteiger partial charge in [-0.3, -0.25) is 19.3 Å². The highest BCUT2D eigenvalue weighted by Gasteiger charge is 2.43. The molecule has 2 heterocycles. The molecule has 0 spiro atoms. The van der Waals surface area contributed by atoms with E-state index in [1.54, 1.807) is 25.7 Å². The number of hydrogen-bond donors (Lipinski definition) is 3. The summed E-state index contributed by atoms with van der Waals surface area (Å²) in [6.45, 7) is 4.85. The van der Waals surface area contributed by atoms with E-state index < -0.39 is 36.3 Å². The third kappa shape index (κ3) is 7.64. The van der Waals surface area contributed by atoms with E-state index in [2.05, 4.69) is 10.3 Å². The summed E-state index contributed by atoms with van der Waals surface area (Å²) in [7, 11) is 0. The van der Waals surface area contributed by atoms with Gasteiger partial charge in [0, 0.05) is 23.9 Å². The summed E-state index contributed by atoms with van der Waals surface area (Å²) in [4.78, 5) is 60.8. The van der Waals surface area contributed by atoms with E-state index in [0.717, 1.165) is 60.4 Å². The smallest absolute Gasteiger partial charge is 0.411 e. The number of nitrogen functional groups attached to an aromatic ring is 1. The van der Waals surface area contributed by atoms with Crippen molar-refractivity contribution in [3.05, 3.63) is 10.6 Å². The number of nitrogens with two attached hydrogens (primary N) is 1. The Morgan fingerprint density at radius 3 is 2.55 bits per heavy atom. The van der Waals surface area contributed by atoms with Gasteiger partial charge in [-0.15, -0.1) is 11.3 Å². The molecule has 1 aromatic rings. The lowest BCUT2D eigenvalue weighted by atomic mass is 9.84. The standard InChI is InChI=1S/C28H43N5O6S/c1-28(2,3)39-27(38)33(16-23(34)35)21(14-17-8-5-4-6-9-17)25(37)32-13-7-10-20(32)24(36)30-18-11-12-19-22(15-18)40-26(29)31-19/h17-18,20-21H,4-16H2,1-3H3,(H2,29,31)(H,30,36)(H,34,35)/t18?,20-,21+/m0/s1. The molecular weight excluding hydrogens is 534 g/mol. The van der Waals surface area contributed by atoms with Gasteiger partial charge in [-0.1, -0.05) is 32.1 Å². The van der Waals surface area contributed by atoms with Crippen LogP contribution in [0.3, 0.4) is 0 Å². The zero-order valence-corrected chi connectivity index (χ0v) is 24.6. The van der Waals surface area contributed by atoms with Crippen LogP contribution in [0.5, 0.6) is 0 Å². The van der Waals surface area contributed by atoms with E-state index in [9.17, 15) is 24.3 Å². The van der Waals surface area contributed by atoms with Crippen LogP contribution in [-0.2, 0) is 32.0 Å². The first-order valence-corrected chi connectivity index (χ1v) is 15.3. The number of carboxylic acid groups (broad SMARTS) is 1. The fraction of sp³-hybridized carbons (Fsp3) is 0.750. The molecule has 3 atom stereocenters. The van der Waals surface area contributed by atoms with E-state index in [0.29, 0.717) is 37.4 Å². The van der Waals surface area contributed by atoms with Crippen molar-refractivity contribution in [2.45, 2.75) is 115 Å². The lowest BCUT2D eigenvalue weighted by Gasteiger charge is -2.37. The first kappa shape index (κ1) is 30.1. The second-order valence-corrected chi connectivity index (χ2v) is 13.4. The Hall–Kier alpha value is -2.89. The van der Waals surface area contributed by atoms with Gasteiger partial charge >= 0.3 is 12.1 Å². The van der Waals surface area contributed by atoms with E-state index in [4.69, 9.17) is 10.5 Å². The number of ether oxygens (including phenoxy) is 1. The minimum atomic E-state index is -1.22. The number of carboxylic acids is 1. The van der Waals surface area contributed by atoms with Crippen LogP contribution < -0.4 is 11.1 Å². The summed E-state index contributed by atoms with van der Waals surface area (Å²) >= 11 is 1.45. The maximum absolute atomic E-state index is 14.2. The number of thiazole rings is 1. The normalized spacial score (nSPS) is 22.3. The molecule has 222 valence electrons. The highest BCUT2D eigenvalue weighted by Crippen LogP contribution is 2.32. The number of nitrogens with one attached hydrogen (secondary N) is 1. The highest BCUT2D eigenvalue weighted by molar-refractivity contribution is 7.15. The Morgan fingerprint density at radius 1 is 1.15 bits per heavy atom. The number of anilines is 1. The largest absolute Gasteiger partial charge is 0.480 e. The molecule has 3 aliphatic rings. The summed E-state index contributed by atoms with van der Waals surface area (Å²) in [6, 6.07) is -1.75. The first-order chi connectivity index (χ1) is 18.9. The van der Waals surface area contributed by atoms with Crippen molar-refractivity contribution < 1.29 is 29.0 Å². The van der Waals surface area contributed by atoms with Crippen molar-refractivity contribution in [1.82, 2.24) is 20.1 Å². The lowest BCUT2D eigenvalue weighted by Crippen LogP contribution is -2.57. The molecule has 40 heavy (non-hydrogen) atoms. The molecule has 1 aromatic heterocycles. The maximum Gasteiger partial charge on any atom is 0.411 e. The van der Waals surface area contributed by atoms with E-state index in [1.165, 1.54) is 11.3 Å². The van der Waals surface area contributed by atoms with Crippen molar-refractivity contribution in [2.24, 2.45) is 5.92 Å². The van der Waals surface area contributed by atoms with Crippen molar-refractivity contribution >= 4 is 40.3 Å². The molecule has 2 aliphatic carbocycles. The average Bonchev–Trinajstić information content (AvgIpc) is 3.51. The Balaban J connectivity index is 1.52. The molecular formula is C28H43N5O6S. The minimum absolute atomic E-state index is 0.0688. The number of hydrogen-bond acceptors (Lipinski definition) is 8. The molecule has 12 heteroatoms. The van der Waals surface area contributed by atoms with E-state index in [-0.39, 0.29) is 23.8 Å².